The number of ether oxygens (including phenoxy) is 1. The maximum absolute atomic E-state index is 11.7. The Hall–Kier alpha value is -1.52. The molecule has 5 nitrogen and oxygen atoms in total. The summed E-state index contributed by atoms with van der Waals surface area (Å²) in [5, 5.41) is 14.8. The van der Waals surface area contributed by atoms with Gasteiger partial charge in [-0.3, -0.25) is 0 Å². The summed E-state index contributed by atoms with van der Waals surface area (Å²) in [7, 11) is 0. The van der Waals surface area contributed by atoms with E-state index in [0.717, 1.165) is 24.5 Å². The van der Waals surface area contributed by atoms with E-state index in [2.05, 4.69) is 23.8 Å². The highest BCUT2D eigenvalue weighted by Gasteiger charge is 2.41. The van der Waals surface area contributed by atoms with Crippen LogP contribution in [0.4, 0.5) is 4.79 Å². The Bertz CT molecular complexity index is 554. The van der Waals surface area contributed by atoms with Crippen LogP contribution in [0.15, 0.2) is 11.8 Å². The number of hydrogen-bond acceptors (Lipinski definition) is 4. The van der Waals surface area contributed by atoms with Gasteiger partial charge in [0.2, 0.25) is 0 Å². The van der Waals surface area contributed by atoms with Gasteiger partial charge in [-0.25, -0.2) is 4.79 Å². The van der Waals surface area contributed by atoms with E-state index in [1.165, 1.54) is 24.8 Å². The molecule has 0 aromatic rings. The molecule has 0 heterocycles. The summed E-state index contributed by atoms with van der Waals surface area (Å²) < 4.78 is 5.26. The third-order valence-electron chi connectivity index (χ3n) is 5.45. The molecule has 0 aliphatic heterocycles. The highest BCUT2D eigenvalue weighted by Crippen LogP contribution is 2.47. The van der Waals surface area contributed by atoms with E-state index in [1.807, 2.05) is 20.8 Å². The van der Waals surface area contributed by atoms with Gasteiger partial charge in [-0.15, -0.1) is 0 Å². The van der Waals surface area contributed by atoms with Crippen molar-refractivity contribution in [3.05, 3.63) is 11.8 Å². The van der Waals surface area contributed by atoms with Crippen molar-refractivity contribution < 1.29 is 9.53 Å². The molecule has 0 bridgehead atoms. The Balaban J connectivity index is 1.38. The Kier molecular flexibility index (Phi) is 5.12. The van der Waals surface area contributed by atoms with Crippen molar-refractivity contribution in [3.8, 4) is 0 Å². The second-order valence-electron chi connectivity index (χ2n) is 9.19. The van der Waals surface area contributed by atoms with Gasteiger partial charge in [0.1, 0.15) is 5.60 Å². The standard InChI is InChI=1S/C20H33N3O2/c1-12-7-16(12)17(18(21)14-5-6-14)11-22-15-8-13(9-15)10-23-19(24)25-20(2,3)4/h11-16,21-22H,5-10H2,1-4H3,(H,23,24)/b17-11-,21-18?. The second-order valence-corrected chi connectivity index (χ2v) is 9.19. The van der Waals surface area contributed by atoms with Crippen LogP contribution in [-0.4, -0.2) is 30.0 Å². The van der Waals surface area contributed by atoms with Crippen LogP contribution in [-0.2, 0) is 4.74 Å². The minimum Gasteiger partial charge on any atom is -0.444 e. The first-order valence-corrected chi connectivity index (χ1v) is 9.74. The van der Waals surface area contributed by atoms with Crippen molar-refractivity contribution in [2.24, 2.45) is 23.7 Å². The smallest absolute Gasteiger partial charge is 0.407 e. The van der Waals surface area contributed by atoms with Crippen LogP contribution >= 0.6 is 0 Å². The van der Waals surface area contributed by atoms with Gasteiger partial charge in [0.15, 0.2) is 0 Å². The van der Waals surface area contributed by atoms with Crippen LogP contribution in [0.25, 0.3) is 0 Å². The van der Waals surface area contributed by atoms with Gasteiger partial charge >= 0.3 is 6.09 Å². The summed E-state index contributed by atoms with van der Waals surface area (Å²) in [5.41, 5.74) is 1.69. The molecule has 0 spiro atoms. The molecule has 0 saturated heterocycles. The molecule has 3 rings (SSSR count). The first-order valence-electron chi connectivity index (χ1n) is 9.74. The topological polar surface area (TPSA) is 74.2 Å². The fourth-order valence-corrected chi connectivity index (χ4v) is 3.54. The Labute approximate surface area is 151 Å². The third-order valence-corrected chi connectivity index (χ3v) is 5.45. The summed E-state index contributed by atoms with van der Waals surface area (Å²) in [5.74, 6) is 2.38. The molecule has 3 fully saturated rings. The Morgan fingerprint density at radius 2 is 1.88 bits per heavy atom. The zero-order valence-electron chi connectivity index (χ0n) is 16.0. The fourth-order valence-electron chi connectivity index (χ4n) is 3.54. The molecule has 3 N–H and O–H groups in total. The largest absolute Gasteiger partial charge is 0.444 e. The number of rotatable bonds is 7. The van der Waals surface area contributed by atoms with E-state index < -0.39 is 5.60 Å². The van der Waals surface area contributed by atoms with Crippen LogP contribution in [0.1, 0.15) is 59.8 Å². The van der Waals surface area contributed by atoms with Crippen molar-refractivity contribution >= 4 is 11.8 Å². The van der Waals surface area contributed by atoms with E-state index in [4.69, 9.17) is 10.1 Å². The second kappa shape index (κ2) is 7.00. The highest BCUT2D eigenvalue weighted by atomic mass is 16.6. The van der Waals surface area contributed by atoms with Gasteiger partial charge in [0, 0.05) is 30.4 Å². The van der Waals surface area contributed by atoms with Gasteiger partial charge < -0.3 is 20.8 Å². The summed E-state index contributed by atoms with van der Waals surface area (Å²) in [6.45, 7) is 8.58. The average Bonchev–Trinajstić information content (AvgIpc) is 3.34. The minimum atomic E-state index is -0.443. The minimum absolute atomic E-state index is 0.327. The van der Waals surface area contributed by atoms with Crippen LogP contribution in [0.5, 0.6) is 0 Å². The molecule has 2 atom stereocenters. The lowest BCUT2D eigenvalue weighted by Gasteiger charge is -2.36. The van der Waals surface area contributed by atoms with Crippen molar-refractivity contribution in [2.75, 3.05) is 6.54 Å². The summed E-state index contributed by atoms with van der Waals surface area (Å²) >= 11 is 0. The van der Waals surface area contributed by atoms with Crippen molar-refractivity contribution in [3.63, 3.8) is 0 Å². The SMILES string of the molecule is CC1CC1/C(=C/NC1CC(CNC(=O)OC(C)(C)C)C1)C(=N)C1CC1. The van der Waals surface area contributed by atoms with Crippen molar-refractivity contribution in [1.82, 2.24) is 10.6 Å². The van der Waals surface area contributed by atoms with Gasteiger partial charge in [-0.05, 0) is 76.2 Å². The Morgan fingerprint density at radius 3 is 2.40 bits per heavy atom. The summed E-state index contributed by atoms with van der Waals surface area (Å²) in [6.07, 6.45) is 7.56. The van der Waals surface area contributed by atoms with Crippen LogP contribution in [0.3, 0.4) is 0 Å². The van der Waals surface area contributed by atoms with Gasteiger partial charge in [-0.2, -0.15) is 0 Å². The molecule has 3 aliphatic rings. The molecule has 25 heavy (non-hydrogen) atoms. The Morgan fingerprint density at radius 1 is 1.24 bits per heavy atom. The first-order chi connectivity index (χ1) is 11.7. The monoisotopic (exact) mass is 347 g/mol. The molecule has 1 amide bonds. The van der Waals surface area contributed by atoms with E-state index in [-0.39, 0.29) is 6.09 Å². The fraction of sp³-hybridized carbons (Fsp3) is 0.800. The molecular weight excluding hydrogens is 314 g/mol. The van der Waals surface area contributed by atoms with Gasteiger partial charge in [0.05, 0.1) is 0 Å². The molecule has 0 aromatic heterocycles. The molecule has 5 heteroatoms. The zero-order valence-corrected chi connectivity index (χ0v) is 16.0. The number of nitrogens with one attached hydrogen (secondary N) is 3. The summed E-state index contributed by atoms with van der Waals surface area (Å²) in [6, 6.07) is 0.474. The predicted molar refractivity (Wildman–Crippen MR) is 99.7 cm³/mol. The van der Waals surface area contributed by atoms with E-state index >= 15 is 0 Å². The maximum atomic E-state index is 11.7. The average molecular weight is 348 g/mol. The number of hydrogen-bond donors (Lipinski definition) is 3. The number of allylic oxidation sites excluding steroid dienone is 1. The molecule has 0 radical (unpaired) electrons. The van der Waals surface area contributed by atoms with E-state index in [9.17, 15) is 4.79 Å². The molecular formula is C20H33N3O2. The normalized spacial score (nSPS) is 31.8. The number of carbonyl (C=O) groups is 1. The predicted octanol–water partition coefficient (Wildman–Crippen LogP) is 3.85. The quantitative estimate of drug-likeness (QED) is 0.612. The van der Waals surface area contributed by atoms with Crippen LogP contribution < -0.4 is 10.6 Å². The number of amides is 1. The number of alkyl carbamates (subject to hydrolysis) is 1. The lowest BCUT2D eigenvalue weighted by Crippen LogP contribution is -2.45. The lowest BCUT2D eigenvalue weighted by molar-refractivity contribution is 0.0505. The van der Waals surface area contributed by atoms with Gasteiger partial charge in [0.25, 0.3) is 0 Å². The van der Waals surface area contributed by atoms with Crippen LogP contribution in [0.2, 0.25) is 0 Å². The molecule has 3 aliphatic carbocycles. The van der Waals surface area contributed by atoms with Crippen molar-refractivity contribution in [1.29, 1.82) is 5.41 Å². The highest BCUT2D eigenvalue weighted by molar-refractivity contribution is 6.01. The summed E-state index contributed by atoms with van der Waals surface area (Å²) in [4.78, 5) is 11.7. The molecule has 140 valence electrons. The zero-order chi connectivity index (χ0) is 18.2. The number of carbonyl (C=O) groups excluding carboxylic acids is 1. The lowest BCUT2D eigenvalue weighted by atomic mass is 9.80. The third kappa shape index (κ3) is 5.23. The van der Waals surface area contributed by atoms with E-state index in [0.29, 0.717) is 30.3 Å². The first kappa shape index (κ1) is 18.3. The van der Waals surface area contributed by atoms with Crippen molar-refractivity contribution in [2.45, 2.75) is 71.4 Å². The molecule has 0 aromatic carbocycles. The molecule has 2 unspecified atom stereocenters. The van der Waals surface area contributed by atoms with Crippen LogP contribution in [0, 0.1) is 29.1 Å². The maximum Gasteiger partial charge on any atom is 0.407 e. The molecule has 3 saturated carbocycles. The van der Waals surface area contributed by atoms with E-state index in [1.54, 1.807) is 0 Å². The van der Waals surface area contributed by atoms with Gasteiger partial charge in [-0.1, -0.05) is 6.92 Å².